The lowest BCUT2D eigenvalue weighted by molar-refractivity contribution is 0.0954. The number of rotatable bonds is 7. The van der Waals surface area contributed by atoms with Gasteiger partial charge in [0.1, 0.15) is 9.77 Å². The van der Waals surface area contributed by atoms with E-state index in [-0.39, 0.29) is 15.7 Å². The molecule has 1 aliphatic rings. The van der Waals surface area contributed by atoms with Crippen molar-refractivity contribution in [2.45, 2.75) is 30.6 Å². The third kappa shape index (κ3) is 4.29. The molecule has 0 spiro atoms. The summed E-state index contributed by atoms with van der Waals surface area (Å²) in [6.07, 6.45) is 3.45. The standard InChI is InChI=1S/C18H22N2O3S2/c21-18(19-11-6-9-15-7-2-1-3-8-15)17-16(10-14-24-17)25(22,23)20-12-4-5-13-20/h1-3,7-8,10,14H,4-6,9,11-13H2,(H,19,21). The lowest BCUT2D eigenvalue weighted by atomic mass is 10.1. The Balaban J connectivity index is 1.59. The van der Waals surface area contributed by atoms with E-state index in [4.69, 9.17) is 0 Å². The van der Waals surface area contributed by atoms with E-state index in [0.717, 1.165) is 25.7 Å². The highest BCUT2D eigenvalue weighted by atomic mass is 32.2. The van der Waals surface area contributed by atoms with Crippen LogP contribution in [0.4, 0.5) is 0 Å². The highest BCUT2D eigenvalue weighted by molar-refractivity contribution is 7.89. The van der Waals surface area contributed by atoms with E-state index in [0.29, 0.717) is 19.6 Å². The fourth-order valence-corrected chi connectivity index (χ4v) is 5.79. The van der Waals surface area contributed by atoms with Gasteiger partial charge in [0.25, 0.3) is 5.91 Å². The maximum atomic E-state index is 12.7. The number of nitrogens with one attached hydrogen (secondary N) is 1. The van der Waals surface area contributed by atoms with E-state index in [1.54, 1.807) is 5.38 Å². The predicted molar refractivity (Wildman–Crippen MR) is 99.4 cm³/mol. The van der Waals surface area contributed by atoms with Crippen molar-refractivity contribution in [3.8, 4) is 0 Å². The number of amides is 1. The topological polar surface area (TPSA) is 66.5 Å². The van der Waals surface area contributed by atoms with Gasteiger partial charge in [-0.3, -0.25) is 4.79 Å². The molecule has 1 saturated heterocycles. The average Bonchev–Trinajstić information content (AvgIpc) is 3.31. The summed E-state index contributed by atoms with van der Waals surface area (Å²) in [7, 11) is -3.56. The Morgan fingerprint density at radius 1 is 1.12 bits per heavy atom. The number of nitrogens with zero attached hydrogens (tertiary/aromatic N) is 1. The molecular formula is C18H22N2O3S2. The number of carbonyl (C=O) groups excluding carboxylic acids is 1. The molecule has 0 radical (unpaired) electrons. The van der Waals surface area contributed by atoms with E-state index in [1.165, 1.54) is 27.3 Å². The minimum atomic E-state index is -3.56. The molecule has 2 aromatic rings. The highest BCUT2D eigenvalue weighted by Gasteiger charge is 2.31. The van der Waals surface area contributed by atoms with Crippen molar-refractivity contribution in [2.24, 2.45) is 0 Å². The normalized spacial score (nSPS) is 15.4. The Bertz CT molecular complexity index is 810. The molecule has 134 valence electrons. The molecule has 5 nitrogen and oxygen atoms in total. The summed E-state index contributed by atoms with van der Waals surface area (Å²) in [6.45, 7) is 1.60. The zero-order valence-electron chi connectivity index (χ0n) is 14.0. The van der Waals surface area contributed by atoms with Gasteiger partial charge in [-0.1, -0.05) is 30.3 Å². The number of hydrogen-bond acceptors (Lipinski definition) is 4. The second-order valence-corrected chi connectivity index (χ2v) is 8.89. The summed E-state index contributed by atoms with van der Waals surface area (Å²) in [4.78, 5) is 12.8. The third-order valence-corrected chi connectivity index (χ3v) is 7.27. The van der Waals surface area contributed by atoms with E-state index in [2.05, 4.69) is 17.4 Å². The van der Waals surface area contributed by atoms with Gasteiger partial charge in [-0.25, -0.2) is 8.42 Å². The van der Waals surface area contributed by atoms with Gasteiger partial charge < -0.3 is 5.32 Å². The molecule has 1 aromatic heterocycles. The van der Waals surface area contributed by atoms with Crippen LogP contribution in [0.3, 0.4) is 0 Å². The number of sulfonamides is 1. The molecular weight excluding hydrogens is 356 g/mol. The molecule has 0 aliphatic carbocycles. The van der Waals surface area contributed by atoms with Crippen LogP contribution in [-0.2, 0) is 16.4 Å². The Labute approximate surface area is 152 Å². The molecule has 1 aromatic carbocycles. The van der Waals surface area contributed by atoms with Crippen molar-refractivity contribution in [1.82, 2.24) is 9.62 Å². The zero-order chi connectivity index (χ0) is 17.7. The lowest BCUT2D eigenvalue weighted by Gasteiger charge is -2.15. The minimum Gasteiger partial charge on any atom is -0.351 e. The Hall–Kier alpha value is -1.70. The van der Waals surface area contributed by atoms with Gasteiger partial charge in [-0.2, -0.15) is 4.31 Å². The van der Waals surface area contributed by atoms with E-state index in [9.17, 15) is 13.2 Å². The molecule has 3 rings (SSSR count). The smallest absolute Gasteiger partial charge is 0.262 e. The first-order valence-corrected chi connectivity index (χ1v) is 10.8. The first-order chi connectivity index (χ1) is 12.1. The van der Waals surface area contributed by atoms with Crippen molar-refractivity contribution in [3.63, 3.8) is 0 Å². The van der Waals surface area contributed by atoms with Crippen molar-refractivity contribution >= 4 is 27.3 Å². The number of hydrogen-bond donors (Lipinski definition) is 1. The maximum Gasteiger partial charge on any atom is 0.262 e. The van der Waals surface area contributed by atoms with Crippen LogP contribution in [0, 0.1) is 0 Å². The molecule has 0 atom stereocenters. The Morgan fingerprint density at radius 3 is 2.56 bits per heavy atom. The maximum absolute atomic E-state index is 12.7. The average molecular weight is 379 g/mol. The summed E-state index contributed by atoms with van der Waals surface area (Å²) >= 11 is 1.18. The zero-order valence-corrected chi connectivity index (χ0v) is 15.6. The van der Waals surface area contributed by atoms with Gasteiger partial charge in [0, 0.05) is 19.6 Å². The second-order valence-electron chi connectivity index (χ2n) is 6.07. The molecule has 0 saturated carbocycles. The summed E-state index contributed by atoms with van der Waals surface area (Å²) in [6, 6.07) is 11.6. The monoisotopic (exact) mass is 378 g/mol. The van der Waals surface area contributed by atoms with Crippen molar-refractivity contribution in [1.29, 1.82) is 0 Å². The summed E-state index contributed by atoms with van der Waals surface area (Å²) in [5.74, 6) is -0.305. The van der Waals surface area contributed by atoms with Crippen molar-refractivity contribution in [2.75, 3.05) is 19.6 Å². The quantitative estimate of drug-likeness (QED) is 0.754. The van der Waals surface area contributed by atoms with Crippen LogP contribution in [0.25, 0.3) is 0 Å². The van der Waals surface area contributed by atoms with E-state index < -0.39 is 10.0 Å². The van der Waals surface area contributed by atoms with Crippen LogP contribution in [0.15, 0.2) is 46.7 Å². The molecule has 1 fully saturated rings. The van der Waals surface area contributed by atoms with Crippen LogP contribution in [-0.4, -0.2) is 38.3 Å². The first kappa shape index (κ1) is 18.1. The molecule has 1 aliphatic heterocycles. The molecule has 25 heavy (non-hydrogen) atoms. The van der Waals surface area contributed by atoms with E-state index >= 15 is 0 Å². The summed E-state index contributed by atoms with van der Waals surface area (Å²) in [5.41, 5.74) is 1.23. The molecule has 1 N–H and O–H groups in total. The second kappa shape index (κ2) is 8.12. The minimum absolute atomic E-state index is 0.139. The molecule has 1 amide bonds. The fourth-order valence-electron chi connectivity index (χ4n) is 2.95. The molecule has 0 bridgehead atoms. The fraction of sp³-hybridized carbons (Fsp3) is 0.389. The predicted octanol–water partition coefficient (Wildman–Crippen LogP) is 2.90. The molecule has 2 heterocycles. The lowest BCUT2D eigenvalue weighted by Crippen LogP contribution is -2.30. The number of aryl methyl sites for hydroxylation is 1. The van der Waals surface area contributed by atoms with Crippen LogP contribution in [0.5, 0.6) is 0 Å². The van der Waals surface area contributed by atoms with E-state index in [1.807, 2.05) is 18.2 Å². The van der Waals surface area contributed by atoms with Gasteiger partial charge in [0.2, 0.25) is 10.0 Å². The van der Waals surface area contributed by atoms with Crippen LogP contribution in [0.1, 0.15) is 34.5 Å². The SMILES string of the molecule is O=C(NCCCc1ccccc1)c1sccc1S(=O)(=O)N1CCCC1. The Kier molecular flexibility index (Phi) is 5.88. The Morgan fingerprint density at radius 2 is 1.84 bits per heavy atom. The highest BCUT2D eigenvalue weighted by Crippen LogP contribution is 2.27. The van der Waals surface area contributed by atoms with Crippen LogP contribution >= 0.6 is 11.3 Å². The number of thiophene rings is 1. The number of benzene rings is 1. The van der Waals surface area contributed by atoms with Crippen molar-refractivity contribution < 1.29 is 13.2 Å². The third-order valence-electron chi connectivity index (χ3n) is 4.29. The van der Waals surface area contributed by atoms with Gasteiger partial charge in [0.05, 0.1) is 0 Å². The molecule has 0 unspecified atom stereocenters. The van der Waals surface area contributed by atoms with Gasteiger partial charge in [-0.15, -0.1) is 11.3 Å². The van der Waals surface area contributed by atoms with Crippen LogP contribution in [0.2, 0.25) is 0 Å². The van der Waals surface area contributed by atoms with Gasteiger partial charge in [0.15, 0.2) is 0 Å². The van der Waals surface area contributed by atoms with Crippen molar-refractivity contribution in [3.05, 3.63) is 52.2 Å². The molecule has 7 heteroatoms. The van der Waals surface area contributed by atoms with Gasteiger partial charge >= 0.3 is 0 Å². The van der Waals surface area contributed by atoms with Gasteiger partial charge in [-0.05, 0) is 42.7 Å². The first-order valence-electron chi connectivity index (χ1n) is 8.49. The summed E-state index contributed by atoms with van der Waals surface area (Å²) < 4.78 is 26.9. The largest absolute Gasteiger partial charge is 0.351 e. The number of carbonyl (C=O) groups is 1. The summed E-state index contributed by atoms with van der Waals surface area (Å²) in [5, 5.41) is 4.52. The van der Waals surface area contributed by atoms with Crippen LogP contribution < -0.4 is 5.32 Å².